The number of halogens is 2. The Kier molecular flexibility index (Phi) is 10.2. The normalized spacial score (nSPS) is 31.7. The van der Waals surface area contributed by atoms with Crippen molar-refractivity contribution >= 4 is 27.5 Å². The van der Waals surface area contributed by atoms with Crippen LogP contribution in [0.5, 0.6) is 5.75 Å². The predicted octanol–water partition coefficient (Wildman–Crippen LogP) is 6.26. The van der Waals surface area contributed by atoms with Gasteiger partial charge in [-0.25, -0.2) is 9.00 Å². The molecule has 5 aliphatic rings. The molecule has 2 aromatic rings. The van der Waals surface area contributed by atoms with Crippen LogP contribution in [0.2, 0.25) is 0 Å². The van der Waals surface area contributed by atoms with E-state index in [0.29, 0.717) is 30.6 Å². The molecule has 51 heavy (non-hydrogen) atoms. The average Bonchev–Trinajstić information content (AvgIpc) is 3.19. The number of hydrogen-bond acceptors (Lipinski definition) is 7. The Labute approximate surface area is 299 Å². The molecular formula is C38H48F2N4O6S. The summed E-state index contributed by atoms with van der Waals surface area (Å²) in [7, 11) is -1.88. The fourth-order valence-corrected chi connectivity index (χ4v) is 10.5. The number of likely N-dealkylation sites (tertiary alicyclic amines) is 1. The van der Waals surface area contributed by atoms with E-state index in [2.05, 4.69) is 49.9 Å². The van der Waals surface area contributed by atoms with Gasteiger partial charge in [0.25, 0.3) is 5.91 Å². The van der Waals surface area contributed by atoms with Crippen LogP contribution >= 0.6 is 0 Å². The lowest BCUT2D eigenvalue weighted by Gasteiger charge is -2.46. The van der Waals surface area contributed by atoms with E-state index >= 15 is 0 Å². The van der Waals surface area contributed by atoms with Gasteiger partial charge in [0.05, 0.1) is 43.3 Å². The molecule has 3 aliphatic heterocycles. The van der Waals surface area contributed by atoms with Crippen LogP contribution in [0.1, 0.15) is 66.1 Å². The van der Waals surface area contributed by atoms with Crippen LogP contribution in [0.4, 0.5) is 19.3 Å². The number of nitrogens with zero attached hydrogens (tertiary/aromatic N) is 3. The number of urea groups is 1. The number of ether oxygens (including phenoxy) is 3. The number of benzene rings is 2. The summed E-state index contributed by atoms with van der Waals surface area (Å²) < 4.78 is 63.5. The summed E-state index contributed by atoms with van der Waals surface area (Å²) in [5.41, 5.74) is 4.74. The van der Waals surface area contributed by atoms with Gasteiger partial charge < -0.3 is 24.0 Å². The molecule has 6 atom stereocenters. The molecule has 1 saturated heterocycles. The van der Waals surface area contributed by atoms with Crippen molar-refractivity contribution in [2.24, 2.45) is 22.1 Å². The van der Waals surface area contributed by atoms with Crippen molar-refractivity contribution < 1.29 is 36.8 Å². The van der Waals surface area contributed by atoms with E-state index in [4.69, 9.17) is 9.47 Å². The molecule has 276 valence electrons. The monoisotopic (exact) mass is 726 g/mol. The maximum absolute atomic E-state index is 14.4. The van der Waals surface area contributed by atoms with Gasteiger partial charge in [0, 0.05) is 31.2 Å². The third-order valence-electron chi connectivity index (χ3n) is 11.4. The van der Waals surface area contributed by atoms with Crippen LogP contribution in [-0.4, -0.2) is 85.5 Å². The van der Waals surface area contributed by atoms with Gasteiger partial charge in [0.2, 0.25) is 0 Å². The molecule has 1 spiro atoms. The minimum Gasteiger partial charge on any atom is -0.490 e. The maximum atomic E-state index is 14.4. The van der Waals surface area contributed by atoms with E-state index in [0.717, 1.165) is 50.9 Å². The predicted molar refractivity (Wildman–Crippen MR) is 191 cm³/mol. The number of nitrogens with one attached hydrogen (secondary N) is 1. The number of amides is 3. The second-order valence-electron chi connectivity index (χ2n) is 15.2. The maximum Gasteiger partial charge on any atom is 0.345 e. The van der Waals surface area contributed by atoms with Gasteiger partial charge in [-0.2, -0.15) is 8.78 Å². The van der Waals surface area contributed by atoms with E-state index in [1.54, 1.807) is 25.3 Å². The zero-order valence-electron chi connectivity index (χ0n) is 29.5. The summed E-state index contributed by atoms with van der Waals surface area (Å²) in [5.74, 6) is 0.373. The Morgan fingerprint density at radius 3 is 2.73 bits per heavy atom. The SMILES string of the molecule is CO[C@H]1/C=C/C[C@H](C)CS(=O)(NC(=O)N2CC(OC(F)F)C2)=NC(=O)c2ccc3c(c2)N(C[C@@H]2CC[C@H]21)C[C@@]1(CCCc2cc(C)ccc21)CO3. The van der Waals surface area contributed by atoms with Gasteiger partial charge >= 0.3 is 12.6 Å². The number of alkyl halides is 2. The second-order valence-corrected chi connectivity index (χ2v) is 17.2. The zero-order chi connectivity index (χ0) is 35.9. The number of anilines is 1. The Hall–Kier alpha value is -3.55. The van der Waals surface area contributed by atoms with Crippen molar-refractivity contribution in [2.45, 2.75) is 76.6 Å². The molecule has 2 aromatic carbocycles. The van der Waals surface area contributed by atoms with E-state index < -0.39 is 34.6 Å². The molecule has 3 amide bonds. The highest BCUT2D eigenvalue weighted by Gasteiger charge is 2.44. The van der Waals surface area contributed by atoms with Crippen LogP contribution in [0.15, 0.2) is 52.9 Å². The number of allylic oxidation sites excluding steroid dienone is 1. The quantitative estimate of drug-likeness (QED) is 0.371. The van der Waals surface area contributed by atoms with Gasteiger partial charge in [0.1, 0.15) is 15.7 Å². The second kappa shape index (κ2) is 14.5. The number of carbonyl (C=O) groups is 2. The molecule has 1 unspecified atom stereocenters. The lowest BCUT2D eigenvalue weighted by atomic mass is 9.68. The highest BCUT2D eigenvalue weighted by molar-refractivity contribution is 7.92. The smallest absolute Gasteiger partial charge is 0.345 e. The molecule has 10 nitrogen and oxygen atoms in total. The highest BCUT2D eigenvalue weighted by Crippen LogP contribution is 2.47. The topological polar surface area (TPSA) is 110 Å². The van der Waals surface area contributed by atoms with Crippen molar-refractivity contribution in [3.8, 4) is 5.75 Å². The van der Waals surface area contributed by atoms with E-state index in [9.17, 15) is 22.6 Å². The van der Waals surface area contributed by atoms with Crippen molar-refractivity contribution in [2.75, 3.05) is 50.5 Å². The number of fused-ring (bicyclic) bond motifs is 4. The third kappa shape index (κ3) is 7.52. The van der Waals surface area contributed by atoms with Gasteiger partial charge in [-0.15, -0.1) is 4.36 Å². The van der Waals surface area contributed by atoms with Crippen LogP contribution in [0.3, 0.4) is 0 Å². The largest absolute Gasteiger partial charge is 0.490 e. The van der Waals surface area contributed by atoms with Crippen LogP contribution < -0.4 is 14.4 Å². The Morgan fingerprint density at radius 1 is 1.16 bits per heavy atom. The van der Waals surface area contributed by atoms with E-state index in [-0.39, 0.29) is 41.8 Å². The number of hydrogen-bond donors (Lipinski definition) is 1. The molecule has 2 aliphatic carbocycles. The van der Waals surface area contributed by atoms with Gasteiger partial charge in [-0.3, -0.25) is 9.52 Å². The van der Waals surface area contributed by atoms with Crippen molar-refractivity contribution in [1.29, 1.82) is 0 Å². The molecule has 1 N–H and O–H groups in total. The van der Waals surface area contributed by atoms with E-state index in [1.165, 1.54) is 21.6 Å². The first kappa shape index (κ1) is 35.8. The summed E-state index contributed by atoms with van der Waals surface area (Å²) in [4.78, 5) is 30.6. The first-order valence-corrected chi connectivity index (χ1v) is 19.7. The summed E-state index contributed by atoms with van der Waals surface area (Å²) in [6.45, 7) is 2.91. The van der Waals surface area contributed by atoms with Crippen LogP contribution in [0, 0.1) is 24.7 Å². The van der Waals surface area contributed by atoms with Gasteiger partial charge in [0.15, 0.2) is 0 Å². The summed E-state index contributed by atoms with van der Waals surface area (Å²) >= 11 is 0. The third-order valence-corrected chi connectivity index (χ3v) is 13.4. The van der Waals surface area contributed by atoms with Crippen molar-refractivity contribution in [3.63, 3.8) is 0 Å². The number of carbonyl (C=O) groups excluding carboxylic acids is 2. The standard InChI is InChI=1S/C38H48F2N4O6S/c1-24-9-13-31-26(16-24)7-5-15-38(31)22-44-18-28-10-12-30(28)33(48-3)8-4-6-25(2)21-51(47,42-37(46)43-19-29(20-43)50-36(39)40)41-35(45)27-11-14-34(49-23-38)32(44)17-27/h4,8-9,11,13-14,16-17,25,28-30,33,36H,5-7,10,12,15,18-23H2,1-3H3,(H,41,42,45,46,47)/b8-4+/t25-,28-,30+,33-,38-,51?/m0/s1. The lowest BCUT2D eigenvalue weighted by molar-refractivity contribution is -0.189. The molecule has 2 fully saturated rings. The lowest BCUT2D eigenvalue weighted by Crippen LogP contribution is -2.59. The molecule has 2 bridgehead atoms. The molecule has 1 saturated carbocycles. The first-order valence-electron chi connectivity index (χ1n) is 18.0. The van der Waals surface area contributed by atoms with Crippen LogP contribution in [-0.2, 0) is 31.2 Å². The molecule has 0 radical (unpaired) electrons. The van der Waals surface area contributed by atoms with Gasteiger partial charge in [-0.05, 0) is 92.5 Å². The Morgan fingerprint density at radius 2 is 1.98 bits per heavy atom. The minimum absolute atomic E-state index is 0.0785. The number of aryl methyl sites for hydroxylation is 2. The summed E-state index contributed by atoms with van der Waals surface area (Å²) in [6, 6.07) is 11.2. The molecule has 7 rings (SSSR count). The van der Waals surface area contributed by atoms with Crippen LogP contribution in [0.25, 0.3) is 0 Å². The van der Waals surface area contributed by atoms with Crippen molar-refractivity contribution in [3.05, 3.63) is 70.8 Å². The van der Waals surface area contributed by atoms with Gasteiger partial charge in [-0.1, -0.05) is 42.8 Å². The highest BCUT2D eigenvalue weighted by atomic mass is 32.2. The molecule has 3 heterocycles. The average molecular weight is 727 g/mol. The fourth-order valence-electron chi connectivity index (χ4n) is 8.56. The molecule has 0 aromatic heterocycles. The fraction of sp³-hybridized carbons (Fsp3) is 0.579. The number of methoxy groups -OCH3 is 1. The molecular weight excluding hydrogens is 679 g/mol. The Bertz CT molecular complexity index is 1810. The summed E-state index contributed by atoms with van der Waals surface area (Å²) in [6.07, 6.45) is 8.95. The Balaban J connectivity index is 1.25. The van der Waals surface area contributed by atoms with Crippen molar-refractivity contribution in [1.82, 2.24) is 9.62 Å². The van der Waals surface area contributed by atoms with E-state index in [1.807, 2.05) is 13.0 Å². The molecule has 13 heteroatoms. The summed E-state index contributed by atoms with van der Waals surface area (Å²) in [5, 5.41) is 0. The first-order chi connectivity index (χ1) is 24.4. The number of rotatable bonds is 4. The zero-order valence-corrected chi connectivity index (χ0v) is 30.3. The minimum atomic E-state index is -3.62.